The summed E-state index contributed by atoms with van der Waals surface area (Å²) in [6, 6.07) is 0. The maximum atomic E-state index is 10.8. The highest BCUT2D eigenvalue weighted by Gasteiger charge is 2.41. The van der Waals surface area contributed by atoms with Gasteiger partial charge in [-0.15, -0.1) is 0 Å². The number of rotatable bonds is 3. The quantitative estimate of drug-likeness (QED) is 0.513. The second-order valence-electron chi connectivity index (χ2n) is 3.93. The molecule has 1 rings (SSSR count). The van der Waals surface area contributed by atoms with Gasteiger partial charge in [-0.3, -0.25) is 0 Å². The minimum absolute atomic E-state index is 0.407. The number of allylic oxidation sites excluding steroid dienone is 2. The first-order valence-electron chi connectivity index (χ1n) is 4.67. The van der Waals surface area contributed by atoms with Crippen LogP contribution in [-0.4, -0.2) is 11.8 Å². The van der Waals surface area contributed by atoms with E-state index in [1.807, 2.05) is 20.8 Å². The van der Waals surface area contributed by atoms with Crippen molar-refractivity contribution in [2.75, 3.05) is 0 Å². The van der Waals surface area contributed by atoms with Gasteiger partial charge in [0.25, 0.3) is 0 Å². The van der Waals surface area contributed by atoms with E-state index in [1.54, 1.807) is 0 Å². The van der Waals surface area contributed by atoms with E-state index in [-0.39, 0.29) is 0 Å². The molecule has 0 spiro atoms. The molecule has 0 aromatic heterocycles. The van der Waals surface area contributed by atoms with Crippen LogP contribution >= 0.6 is 0 Å². The Morgan fingerprint density at radius 2 is 2.21 bits per heavy atom. The number of hydrogen-bond acceptors (Lipinski definition) is 3. The molecule has 1 heterocycles. The van der Waals surface area contributed by atoms with Crippen molar-refractivity contribution in [3.8, 4) is 0 Å². The number of hydrogen-bond donors (Lipinski definition) is 0. The predicted molar refractivity (Wildman–Crippen MR) is 53.8 cm³/mol. The predicted octanol–water partition coefficient (Wildman–Crippen LogP) is 3.17. The fraction of sp³-hybridized carbons (Fsp3) is 0.545. The van der Waals surface area contributed by atoms with Gasteiger partial charge in [-0.25, -0.2) is 4.79 Å². The van der Waals surface area contributed by atoms with Crippen LogP contribution in [0.4, 0.5) is 4.79 Å². The lowest BCUT2D eigenvalue weighted by molar-refractivity contribution is 0.0722. The Hall–Kier alpha value is -1.25. The van der Waals surface area contributed by atoms with Crippen molar-refractivity contribution in [3.63, 3.8) is 0 Å². The molecule has 1 atom stereocenters. The van der Waals surface area contributed by atoms with Crippen LogP contribution in [0.3, 0.4) is 0 Å². The van der Waals surface area contributed by atoms with Gasteiger partial charge in [0.2, 0.25) is 0 Å². The largest absolute Gasteiger partial charge is 0.514 e. The van der Waals surface area contributed by atoms with Gasteiger partial charge in [0, 0.05) is 0 Å². The molecule has 1 fully saturated rings. The Morgan fingerprint density at radius 3 is 2.64 bits per heavy atom. The fourth-order valence-corrected chi connectivity index (χ4v) is 1.30. The van der Waals surface area contributed by atoms with Crippen molar-refractivity contribution in [2.45, 2.75) is 39.2 Å². The average molecular weight is 196 g/mol. The zero-order chi connectivity index (χ0) is 10.8. The van der Waals surface area contributed by atoms with Gasteiger partial charge < -0.3 is 9.47 Å². The van der Waals surface area contributed by atoms with Gasteiger partial charge in [0.1, 0.15) is 5.76 Å². The molecule has 0 aliphatic carbocycles. The molecule has 3 heteroatoms. The zero-order valence-corrected chi connectivity index (χ0v) is 8.92. The van der Waals surface area contributed by atoms with Crippen molar-refractivity contribution in [1.82, 2.24) is 0 Å². The Bertz CT molecular complexity index is 287. The molecule has 14 heavy (non-hydrogen) atoms. The van der Waals surface area contributed by atoms with Crippen LogP contribution in [0, 0.1) is 0 Å². The Balaban J connectivity index is 2.55. The minimum Gasteiger partial charge on any atom is -0.419 e. The maximum absolute atomic E-state index is 10.8. The lowest BCUT2D eigenvalue weighted by Gasteiger charge is -2.19. The molecule has 0 saturated carbocycles. The normalized spacial score (nSPS) is 25.6. The lowest BCUT2D eigenvalue weighted by Crippen LogP contribution is -2.24. The molecular formula is C11H16O3. The molecule has 78 valence electrons. The van der Waals surface area contributed by atoms with Crippen LogP contribution in [0.2, 0.25) is 0 Å². The molecular weight excluding hydrogens is 180 g/mol. The van der Waals surface area contributed by atoms with Crippen molar-refractivity contribution in [1.29, 1.82) is 0 Å². The number of ether oxygens (including phenoxy) is 2. The molecule has 0 amide bonds. The van der Waals surface area contributed by atoms with Gasteiger partial charge >= 0.3 is 6.16 Å². The molecule has 1 saturated heterocycles. The van der Waals surface area contributed by atoms with Crippen molar-refractivity contribution < 1.29 is 14.3 Å². The Morgan fingerprint density at radius 1 is 1.57 bits per heavy atom. The highest BCUT2D eigenvalue weighted by Crippen LogP contribution is 2.33. The van der Waals surface area contributed by atoms with Crippen LogP contribution in [0.5, 0.6) is 0 Å². The van der Waals surface area contributed by atoms with Crippen LogP contribution < -0.4 is 0 Å². The maximum Gasteiger partial charge on any atom is 0.514 e. The Kier molecular flexibility index (Phi) is 2.99. The monoisotopic (exact) mass is 196 g/mol. The molecule has 0 radical (unpaired) electrons. The first-order chi connectivity index (χ1) is 6.44. The number of carbonyl (C=O) groups excluding carboxylic acids is 1. The second-order valence-corrected chi connectivity index (χ2v) is 3.93. The van der Waals surface area contributed by atoms with Gasteiger partial charge in [-0.1, -0.05) is 18.2 Å². The number of cyclic esters (lactones) is 2. The first kappa shape index (κ1) is 10.8. The Labute approximate surface area is 84.4 Å². The van der Waals surface area contributed by atoms with Crippen molar-refractivity contribution >= 4 is 6.16 Å². The van der Waals surface area contributed by atoms with Crippen LogP contribution in [0.1, 0.15) is 33.6 Å². The molecule has 0 aromatic carbocycles. The van der Waals surface area contributed by atoms with E-state index in [1.165, 1.54) is 5.57 Å². The molecule has 0 bridgehead atoms. The second kappa shape index (κ2) is 3.86. The van der Waals surface area contributed by atoms with E-state index in [9.17, 15) is 4.79 Å². The summed E-state index contributed by atoms with van der Waals surface area (Å²) < 4.78 is 9.81. The highest BCUT2D eigenvalue weighted by molar-refractivity contribution is 5.66. The van der Waals surface area contributed by atoms with E-state index in [2.05, 4.69) is 12.7 Å². The summed E-state index contributed by atoms with van der Waals surface area (Å²) in [6.07, 6.45) is 3.02. The third-order valence-corrected chi connectivity index (χ3v) is 2.28. The van der Waals surface area contributed by atoms with Gasteiger partial charge in [-0.05, 0) is 33.6 Å². The zero-order valence-electron chi connectivity index (χ0n) is 8.92. The third-order valence-electron chi connectivity index (χ3n) is 2.28. The number of carbonyl (C=O) groups is 1. The summed E-state index contributed by atoms with van der Waals surface area (Å²) in [5.41, 5.74) is 0.604. The SMILES string of the molecule is C=C1OC(=O)O[C@]1(C)CCC=C(C)C. The lowest BCUT2D eigenvalue weighted by atomic mass is 9.98. The van der Waals surface area contributed by atoms with E-state index in [0.29, 0.717) is 12.2 Å². The summed E-state index contributed by atoms with van der Waals surface area (Å²) in [7, 11) is 0. The molecule has 0 N–H and O–H groups in total. The highest BCUT2D eigenvalue weighted by atomic mass is 16.8. The van der Waals surface area contributed by atoms with E-state index in [4.69, 9.17) is 9.47 Å². The molecule has 0 unspecified atom stereocenters. The molecule has 1 aliphatic rings. The van der Waals surface area contributed by atoms with Crippen molar-refractivity contribution in [3.05, 3.63) is 24.0 Å². The molecule has 3 nitrogen and oxygen atoms in total. The first-order valence-corrected chi connectivity index (χ1v) is 4.67. The topological polar surface area (TPSA) is 35.5 Å². The molecule has 0 aromatic rings. The van der Waals surface area contributed by atoms with Gasteiger partial charge in [0.05, 0.1) is 0 Å². The minimum atomic E-state index is -0.650. The third kappa shape index (κ3) is 2.37. The molecule has 1 aliphatic heterocycles. The van der Waals surface area contributed by atoms with Gasteiger partial charge in [-0.2, -0.15) is 0 Å². The summed E-state index contributed by atoms with van der Waals surface area (Å²) in [6.45, 7) is 9.56. The summed E-state index contributed by atoms with van der Waals surface area (Å²) >= 11 is 0. The van der Waals surface area contributed by atoms with Crippen LogP contribution in [0.15, 0.2) is 24.0 Å². The van der Waals surface area contributed by atoms with E-state index >= 15 is 0 Å². The summed E-state index contributed by atoms with van der Waals surface area (Å²) in [5, 5.41) is 0. The van der Waals surface area contributed by atoms with E-state index in [0.717, 1.165) is 6.42 Å². The smallest absolute Gasteiger partial charge is 0.419 e. The van der Waals surface area contributed by atoms with Crippen molar-refractivity contribution in [2.24, 2.45) is 0 Å². The van der Waals surface area contributed by atoms with Crippen LogP contribution in [-0.2, 0) is 9.47 Å². The standard InChI is InChI=1S/C11H16O3/c1-8(2)6-5-7-11(4)9(3)13-10(12)14-11/h6H,3,5,7H2,1-2,4H3/t11-/m1/s1. The average Bonchev–Trinajstić information content (AvgIpc) is 2.25. The van der Waals surface area contributed by atoms with Crippen LogP contribution in [0.25, 0.3) is 0 Å². The van der Waals surface area contributed by atoms with E-state index < -0.39 is 11.8 Å². The fourth-order valence-electron chi connectivity index (χ4n) is 1.30. The summed E-state index contributed by atoms with van der Waals surface area (Å²) in [5.74, 6) is 0.407. The van der Waals surface area contributed by atoms with Gasteiger partial charge in [0.15, 0.2) is 5.60 Å². The summed E-state index contributed by atoms with van der Waals surface area (Å²) in [4.78, 5) is 10.8.